The van der Waals surface area contributed by atoms with Gasteiger partial charge in [0.05, 0.1) is 37.3 Å². The summed E-state index contributed by atoms with van der Waals surface area (Å²) >= 11 is 0. The first-order valence-corrected chi connectivity index (χ1v) is 30.4. The number of carbonyl (C=O) groups excluding carboxylic acids is 3. The van der Waals surface area contributed by atoms with Crippen LogP contribution in [0.1, 0.15) is 103 Å². The van der Waals surface area contributed by atoms with Crippen molar-refractivity contribution < 1.29 is 74.3 Å². The van der Waals surface area contributed by atoms with Crippen molar-refractivity contribution in [1.82, 2.24) is 38.6 Å². The number of ether oxygens (including phenoxy) is 5. The molecule has 468 valence electrons. The number of nitrogens with one attached hydrogen (secondary N) is 4. The third kappa shape index (κ3) is 15.8. The molecule has 87 heavy (non-hydrogen) atoms. The average Bonchev–Trinajstić information content (AvgIpc) is 2.04. The number of aromatic amines is 3. The number of hydrogen-bond acceptors (Lipinski definition) is 23. The van der Waals surface area contributed by atoms with E-state index in [-0.39, 0.29) is 72.6 Å². The Kier molecular flexibility index (Phi) is 21.1. The number of aromatic nitrogens is 8. The first-order chi connectivity index (χ1) is 41.3. The molecule has 3 aliphatic heterocycles. The van der Waals surface area contributed by atoms with Crippen LogP contribution in [0.3, 0.4) is 0 Å². The Morgan fingerprint density at radius 1 is 0.701 bits per heavy atom. The van der Waals surface area contributed by atoms with Gasteiger partial charge in [-0.05, 0) is 69.9 Å². The molecule has 8 rings (SSSR count). The van der Waals surface area contributed by atoms with Crippen LogP contribution in [0.25, 0.3) is 20.9 Å². The van der Waals surface area contributed by atoms with E-state index in [4.69, 9.17) is 64.0 Å². The number of nitrogens with zero attached hydrogens (tertiary/aromatic N) is 7. The normalized spacial score (nSPS) is 23.2. The fourth-order valence-corrected chi connectivity index (χ4v) is 12.3. The maximum Gasteiger partial charge on any atom is 0.475 e. The van der Waals surface area contributed by atoms with Crippen molar-refractivity contribution in [1.29, 1.82) is 0 Å². The van der Waals surface area contributed by atoms with E-state index in [1.54, 1.807) is 32.9 Å². The number of phosphoric acid groups is 2. The zero-order chi connectivity index (χ0) is 63.1. The highest BCUT2D eigenvalue weighted by Crippen LogP contribution is 2.56. The maximum absolute atomic E-state index is 15.2. The van der Waals surface area contributed by atoms with Crippen LogP contribution >= 0.6 is 15.6 Å². The first kappa shape index (κ1) is 65.4. The van der Waals surface area contributed by atoms with Gasteiger partial charge in [-0.15, -0.1) is 0 Å². The Morgan fingerprint density at radius 3 is 1.71 bits per heavy atom. The molecule has 4 N–H and O–H groups in total. The van der Waals surface area contributed by atoms with Crippen molar-refractivity contribution in [2.45, 2.75) is 136 Å². The zero-order valence-corrected chi connectivity index (χ0v) is 50.3. The summed E-state index contributed by atoms with van der Waals surface area (Å²) in [6, 6.07) is 3.22. The molecule has 0 saturated carbocycles. The molecule has 0 bridgehead atoms. The largest absolute Gasteiger partial charge is 0.475 e. The number of imidazole rings is 1. The molecule has 1 aromatic carbocycles. The lowest BCUT2D eigenvalue weighted by atomic mass is 10.0. The third-order valence-corrected chi connectivity index (χ3v) is 17.3. The quantitative estimate of drug-likeness (QED) is 0.0259. The summed E-state index contributed by atoms with van der Waals surface area (Å²) in [4.78, 5) is 125. The lowest BCUT2D eigenvalue weighted by Gasteiger charge is -2.27. The Labute approximate surface area is 494 Å². The van der Waals surface area contributed by atoms with Crippen molar-refractivity contribution in [3.8, 4) is 0 Å². The number of hydrogen-bond donors (Lipinski definition) is 4. The van der Waals surface area contributed by atoms with Crippen LogP contribution in [0.2, 0.25) is 0 Å². The molecule has 5 aromatic rings. The number of fused-ring (bicyclic) bond motifs is 1. The number of aryl methyl sites for hydroxylation is 4. The van der Waals surface area contributed by atoms with E-state index in [0.717, 1.165) is 25.8 Å². The van der Waals surface area contributed by atoms with Gasteiger partial charge >= 0.3 is 39.0 Å². The van der Waals surface area contributed by atoms with Crippen LogP contribution in [0, 0.1) is 53.7 Å². The highest BCUT2D eigenvalue weighted by molar-refractivity contribution is 7.48. The molecule has 34 heteroatoms. The minimum atomic E-state index is -5.05. The van der Waals surface area contributed by atoms with Gasteiger partial charge in [0.15, 0.2) is 17.8 Å². The molecule has 0 radical (unpaired) electrons. The van der Waals surface area contributed by atoms with Crippen molar-refractivity contribution >= 4 is 50.6 Å². The minimum Gasteiger partial charge on any atom is -0.457 e. The lowest BCUT2D eigenvalue weighted by molar-refractivity contribution is -0.156. The van der Waals surface area contributed by atoms with E-state index in [9.17, 15) is 42.9 Å². The Balaban J connectivity index is 1.07. The molecule has 3 fully saturated rings. The molecule has 0 spiro atoms. The highest BCUT2D eigenvalue weighted by atomic mass is 31.2. The van der Waals surface area contributed by atoms with Crippen LogP contribution < -0.4 is 33.4 Å². The van der Waals surface area contributed by atoms with Gasteiger partial charge in [-0.25, -0.2) is 46.4 Å². The molecule has 3 saturated heterocycles. The fourth-order valence-electron chi connectivity index (χ4n) is 9.50. The van der Waals surface area contributed by atoms with E-state index in [1.165, 1.54) is 37.1 Å². The van der Waals surface area contributed by atoms with E-state index in [0.29, 0.717) is 0 Å². The summed E-state index contributed by atoms with van der Waals surface area (Å²) in [6.07, 6.45) is -7.90. The molecule has 32 nitrogen and oxygen atoms in total. The van der Waals surface area contributed by atoms with Crippen LogP contribution in [0.5, 0.6) is 0 Å². The number of H-pyrrole nitrogens is 3. The molecule has 11 atom stereocenters. The van der Waals surface area contributed by atoms with E-state index < -0.39 is 156 Å². The second-order valence-corrected chi connectivity index (χ2v) is 24.1. The van der Waals surface area contributed by atoms with Gasteiger partial charge in [-0.3, -0.25) is 80.3 Å². The molecular weight excluding hydrogens is 1190 g/mol. The van der Waals surface area contributed by atoms with Gasteiger partial charge in [-0.2, -0.15) is 4.98 Å². The fraction of sp³-hybridized carbons (Fsp3) is 0.547. The maximum atomic E-state index is 15.2. The molecular formula is C53H65N11O21P2. The summed E-state index contributed by atoms with van der Waals surface area (Å²) < 4.78 is 98.8. The Morgan fingerprint density at radius 2 is 1.20 bits per heavy atom. The summed E-state index contributed by atoms with van der Waals surface area (Å²) in [5.74, 6) is -3.04. The van der Waals surface area contributed by atoms with Gasteiger partial charge in [0.25, 0.3) is 16.7 Å². The standard InChI is InChI=1S/C53H65N11O21P2/c1-11-34-36(19-40(80-34)62-21-30(6)47(67)60-52(62)71)84-86(73,76-14-12-54-9)79-24-39-37(20-41(82-39)63-22-31(7)48(68)61-53(63)72)85-87(74,77-15-13-55-10)78-23-38-35(83-43(65)25-75-50(70)33-16-28(4)32(8)29(5)17-33)18-42(81-38)64-26-56-44-45(64)57-51(59-49(44)69)58-46(66)27(2)3/h16-17,21-22,26-27,34-42H,11-15,18-20,23-25H2,1-8H3,(H,60,67,71)(H,61,68,72)(H2,57,58,59,66,69). The van der Waals surface area contributed by atoms with Gasteiger partial charge in [0.2, 0.25) is 24.9 Å². The van der Waals surface area contributed by atoms with Crippen molar-refractivity contribution in [2.24, 2.45) is 5.92 Å². The van der Waals surface area contributed by atoms with Gasteiger partial charge in [0, 0.05) is 48.7 Å². The molecule has 7 heterocycles. The highest BCUT2D eigenvalue weighted by Gasteiger charge is 2.49. The van der Waals surface area contributed by atoms with Gasteiger partial charge < -0.3 is 33.4 Å². The van der Waals surface area contributed by atoms with Crippen molar-refractivity contribution in [3.63, 3.8) is 0 Å². The van der Waals surface area contributed by atoms with E-state index in [1.807, 2.05) is 20.8 Å². The molecule has 1 amide bonds. The zero-order valence-electron chi connectivity index (χ0n) is 48.5. The molecule has 4 aromatic heterocycles. The first-order valence-electron chi connectivity index (χ1n) is 27.5. The number of phosphoric ester groups is 2. The minimum absolute atomic E-state index is 0.0696. The van der Waals surface area contributed by atoms with Crippen LogP contribution in [-0.2, 0) is 69.5 Å². The predicted molar refractivity (Wildman–Crippen MR) is 302 cm³/mol. The predicted octanol–water partition coefficient (Wildman–Crippen LogP) is 4.29. The third-order valence-electron chi connectivity index (χ3n) is 14.4. The molecule has 0 aliphatic carbocycles. The number of esters is 2. The smallest absolute Gasteiger partial charge is 0.457 e. The summed E-state index contributed by atoms with van der Waals surface area (Å²) in [5, 5.41) is 2.53. The second-order valence-electron chi connectivity index (χ2n) is 20.9. The number of anilines is 1. The second kappa shape index (κ2) is 28.1. The van der Waals surface area contributed by atoms with E-state index >= 15 is 4.57 Å². The van der Waals surface area contributed by atoms with Crippen LogP contribution in [0.4, 0.5) is 5.95 Å². The average molecular weight is 1250 g/mol. The number of rotatable bonds is 26. The SMILES string of the molecule is [C-]#[N+]CCOP(=O)(OCC1OC(n2cc(C)c(=O)[nH]c2=O)CC1OP(=O)(OCC[N+]#[C-])OCC1OC(n2cnc3c(=O)[nH]c(NC(=O)C(C)C)nc32)CC1OC(=O)COC(=O)c1cc(C)c(C)c(C)c1)OC1CC(n2cc(C)c(=O)[nH]c2=O)OC1CC. The topological polar surface area (TPSA) is 381 Å². The lowest BCUT2D eigenvalue weighted by Crippen LogP contribution is -2.33. The number of carbonyl (C=O) groups is 3. The van der Waals surface area contributed by atoms with Gasteiger partial charge in [-0.1, -0.05) is 20.8 Å². The Hall–Kier alpha value is -7.58. The molecule has 3 aliphatic rings. The van der Waals surface area contributed by atoms with E-state index in [2.05, 4.69) is 39.9 Å². The van der Waals surface area contributed by atoms with Gasteiger partial charge in [0.1, 0.15) is 56.3 Å². The van der Waals surface area contributed by atoms with Crippen molar-refractivity contribution in [2.75, 3.05) is 51.4 Å². The summed E-state index contributed by atoms with van der Waals surface area (Å²) in [5.41, 5.74) is -0.902. The molecule has 11 unspecified atom stereocenters. The Bertz CT molecular complexity index is 3870. The summed E-state index contributed by atoms with van der Waals surface area (Å²) in [6.45, 7) is 24.0. The summed E-state index contributed by atoms with van der Waals surface area (Å²) in [7, 11) is -9.87. The van der Waals surface area contributed by atoms with Crippen LogP contribution in [0.15, 0.2) is 54.8 Å². The monoisotopic (exact) mass is 1250 g/mol. The van der Waals surface area contributed by atoms with Crippen LogP contribution in [-0.4, -0.2) is 139 Å². The number of benzene rings is 1. The van der Waals surface area contributed by atoms with Crippen molar-refractivity contribution in [3.05, 3.63) is 139 Å². The number of amides is 1.